The van der Waals surface area contributed by atoms with E-state index in [1.807, 2.05) is 31.2 Å². The van der Waals surface area contributed by atoms with Crippen LogP contribution in [-0.4, -0.2) is 25.8 Å². The third-order valence-corrected chi connectivity index (χ3v) is 5.00. The van der Waals surface area contributed by atoms with Gasteiger partial charge in [0.25, 0.3) is 11.6 Å². The van der Waals surface area contributed by atoms with Crippen LogP contribution >= 0.6 is 15.9 Å². The first-order valence-corrected chi connectivity index (χ1v) is 9.39. The van der Waals surface area contributed by atoms with Gasteiger partial charge in [-0.25, -0.2) is 0 Å². The molecule has 0 aliphatic heterocycles. The van der Waals surface area contributed by atoms with E-state index < -0.39 is 10.8 Å². The second-order valence-corrected chi connectivity index (χ2v) is 7.26. The maximum Gasteiger partial charge on any atom is 0.270 e. The van der Waals surface area contributed by atoms with Crippen LogP contribution in [0.25, 0.3) is 16.7 Å². The molecule has 0 fully saturated rings. The number of rotatable bonds is 4. The van der Waals surface area contributed by atoms with Crippen LogP contribution in [-0.2, 0) is 0 Å². The van der Waals surface area contributed by atoms with Gasteiger partial charge in [-0.3, -0.25) is 14.9 Å². The number of carbonyl (C=O) groups is 1. The molecule has 0 saturated heterocycles. The third kappa shape index (κ3) is 3.85. The van der Waals surface area contributed by atoms with Crippen molar-refractivity contribution in [3.05, 3.63) is 86.4 Å². The van der Waals surface area contributed by atoms with Crippen molar-refractivity contribution in [3.8, 4) is 5.69 Å². The summed E-state index contributed by atoms with van der Waals surface area (Å²) < 4.78 is 0.465. The standard InChI is InChI=1S/C20H14BrN5O3/c1-12-2-5-14(6-3-12)25-23-18-9-4-13(10-19(18)24-25)22-20(27)16-11-15(26(28)29)7-8-17(16)21/h2-11H,1H3,(H,22,27). The lowest BCUT2D eigenvalue weighted by atomic mass is 10.2. The molecular formula is C20H14BrN5O3. The number of halogens is 1. The Balaban J connectivity index is 1.62. The molecule has 4 rings (SSSR count). The fraction of sp³-hybridized carbons (Fsp3) is 0.0500. The summed E-state index contributed by atoms with van der Waals surface area (Å²) in [6, 6.07) is 17.0. The smallest absolute Gasteiger partial charge is 0.270 e. The molecule has 8 nitrogen and oxygen atoms in total. The van der Waals surface area contributed by atoms with Gasteiger partial charge in [-0.2, -0.15) is 4.80 Å². The van der Waals surface area contributed by atoms with Gasteiger partial charge in [0.1, 0.15) is 11.0 Å². The third-order valence-electron chi connectivity index (χ3n) is 4.31. The van der Waals surface area contributed by atoms with Crippen molar-refractivity contribution >= 4 is 44.2 Å². The Kier molecular flexibility index (Phi) is 4.81. The fourth-order valence-corrected chi connectivity index (χ4v) is 3.21. The Morgan fingerprint density at radius 3 is 2.48 bits per heavy atom. The molecule has 0 atom stereocenters. The zero-order chi connectivity index (χ0) is 20.5. The Bertz CT molecular complexity index is 1250. The maximum absolute atomic E-state index is 12.6. The minimum atomic E-state index is -0.543. The summed E-state index contributed by atoms with van der Waals surface area (Å²) in [5, 5.41) is 22.6. The van der Waals surface area contributed by atoms with Gasteiger partial charge >= 0.3 is 0 Å². The number of aryl methyl sites for hydroxylation is 1. The van der Waals surface area contributed by atoms with Crippen molar-refractivity contribution in [1.29, 1.82) is 0 Å². The monoisotopic (exact) mass is 451 g/mol. The highest BCUT2D eigenvalue weighted by Crippen LogP contribution is 2.24. The number of fused-ring (bicyclic) bond motifs is 1. The van der Waals surface area contributed by atoms with E-state index in [-0.39, 0.29) is 11.3 Å². The predicted molar refractivity (Wildman–Crippen MR) is 112 cm³/mol. The summed E-state index contributed by atoms with van der Waals surface area (Å²) in [6.07, 6.45) is 0. The molecule has 4 aromatic rings. The van der Waals surface area contributed by atoms with E-state index in [4.69, 9.17) is 0 Å². The van der Waals surface area contributed by atoms with Gasteiger partial charge in [0.15, 0.2) is 0 Å². The Morgan fingerprint density at radius 2 is 1.76 bits per heavy atom. The van der Waals surface area contributed by atoms with Crippen molar-refractivity contribution in [2.75, 3.05) is 5.32 Å². The maximum atomic E-state index is 12.6. The number of non-ortho nitro benzene ring substituents is 1. The van der Waals surface area contributed by atoms with Crippen LogP contribution in [0.1, 0.15) is 15.9 Å². The van der Waals surface area contributed by atoms with Crippen molar-refractivity contribution in [3.63, 3.8) is 0 Å². The number of aromatic nitrogens is 3. The van der Waals surface area contributed by atoms with Gasteiger partial charge in [-0.1, -0.05) is 17.7 Å². The lowest BCUT2D eigenvalue weighted by Crippen LogP contribution is -2.12. The number of nitrogens with one attached hydrogen (secondary N) is 1. The van der Waals surface area contributed by atoms with E-state index in [9.17, 15) is 14.9 Å². The van der Waals surface area contributed by atoms with Crippen LogP contribution in [0.4, 0.5) is 11.4 Å². The number of nitro benzene ring substituents is 1. The average Bonchev–Trinajstić information content (AvgIpc) is 3.12. The Morgan fingerprint density at radius 1 is 1.03 bits per heavy atom. The number of anilines is 1. The summed E-state index contributed by atoms with van der Waals surface area (Å²) in [5.74, 6) is -0.467. The lowest BCUT2D eigenvalue weighted by molar-refractivity contribution is -0.384. The largest absolute Gasteiger partial charge is 0.322 e. The Labute approximate surface area is 173 Å². The predicted octanol–water partition coefficient (Wildman–Crippen LogP) is 4.65. The molecule has 0 radical (unpaired) electrons. The molecule has 9 heteroatoms. The van der Waals surface area contributed by atoms with Gasteiger partial charge in [0.05, 0.1) is 16.2 Å². The molecule has 0 aliphatic rings. The van der Waals surface area contributed by atoms with E-state index in [2.05, 4.69) is 31.4 Å². The van der Waals surface area contributed by atoms with E-state index >= 15 is 0 Å². The van der Waals surface area contributed by atoms with Gasteiger partial charge in [-0.15, -0.1) is 10.2 Å². The first-order valence-electron chi connectivity index (χ1n) is 8.60. The molecule has 1 aromatic heterocycles. The average molecular weight is 452 g/mol. The van der Waals surface area contributed by atoms with Gasteiger partial charge < -0.3 is 5.32 Å². The van der Waals surface area contributed by atoms with Crippen LogP contribution in [0.15, 0.2) is 65.1 Å². The first kappa shape index (κ1) is 18.8. The number of nitrogens with zero attached hydrogens (tertiary/aromatic N) is 4. The molecule has 1 amide bonds. The molecule has 3 aromatic carbocycles. The molecule has 0 bridgehead atoms. The highest BCUT2D eigenvalue weighted by atomic mass is 79.9. The number of nitro groups is 1. The van der Waals surface area contributed by atoms with Crippen LogP contribution in [0.5, 0.6) is 0 Å². The minimum absolute atomic E-state index is 0.158. The van der Waals surface area contributed by atoms with Crippen molar-refractivity contribution in [2.24, 2.45) is 0 Å². The van der Waals surface area contributed by atoms with Crippen molar-refractivity contribution in [1.82, 2.24) is 15.0 Å². The van der Waals surface area contributed by atoms with Crippen LogP contribution in [0, 0.1) is 17.0 Å². The fourth-order valence-electron chi connectivity index (χ4n) is 2.79. The number of hydrogen-bond acceptors (Lipinski definition) is 5. The molecule has 144 valence electrons. The highest BCUT2D eigenvalue weighted by molar-refractivity contribution is 9.10. The Hall–Kier alpha value is -3.59. The number of carbonyl (C=O) groups excluding carboxylic acids is 1. The van der Waals surface area contributed by atoms with Crippen LogP contribution in [0.2, 0.25) is 0 Å². The van der Waals surface area contributed by atoms with E-state index in [0.717, 1.165) is 11.3 Å². The first-order chi connectivity index (χ1) is 13.9. The molecule has 1 heterocycles. The number of hydrogen-bond donors (Lipinski definition) is 1. The second kappa shape index (κ2) is 7.44. The molecule has 0 spiro atoms. The van der Waals surface area contributed by atoms with Gasteiger partial charge in [0, 0.05) is 22.3 Å². The van der Waals surface area contributed by atoms with Gasteiger partial charge in [0.2, 0.25) is 0 Å². The quantitative estimate of drug-likeness (QED) is 0.359. The summed E-state index contributed by atoms with van der Waals surface area (Å²) >= 11 is 3.26. The zero-order valence-electron chi connectivity index (χ0n) is 15.2. The summed E-state index contributed by atoms with van der Waals surface area (Å²) in [5.41, 5.74) is 3.79. The van der Waals surface area contributed by atoms with Crippen molar-refractivity contribution in [2.45, 2.75) is 6.92 Å². The van der Waals surface area contributed by atoms with E-state index in [1.54, 1.807) is 18.2 Å². The number of benzene rings is 3. The molecular weight excluding hydrogens is 438 g/mol. The molecule has 0 unspecified atom stereocenters. The second-order valence-electron chi connectivity index (χ2n) is 6.40. The SMILES string of the molecule is Cc1ccc(-n2nc3ccc(NC(=O)c4cc([N+](=O)[O-])ccc4Br)cc3n2)cc1. The van der Waals surface area contributed by atoms with Crippen molar-refractivity contribution < 1.29 is 9.72 Å². The summed E-state index contributed by atoms with van der Waals surface area (Å²) in [4.78, 5) is 24.6. The zero-order valence-corrected chi connectivity index (χ0v) is 16.8. The highest BCUT2D eigenvalue weighted by Gasteiger charge is 2.16. The molecule has 0 aliphatic carbocycles. The lowest BCUT2D eigenvalue weighted by Gasteiger charge is -2.06. The number of amides is 1. The summed E-state index contributed by atoms with van der Waals surface area (Å²) in [6.45, 7) is 2.01. The van der Waals surface area contributed by atoms with E-state index in [1.165, 1.54) is 23.0 Å². The van der Waals surface area contributed by atoms with Crippen LogP contribution < -0.4 is 5.32 Å². The normalized spacial score (nSPS) is 10.8. The van der Waals surface area contributed by atoms with Crippen LogP contribution in [0.3, 0.4) is 0 Å². The minimum Gasteiger partial charge on any atom is -0.322 e. The molecule has 1 N–H and O–H groups in total. The van der Waals surface area contributed by atoms with Gasteiger partial charge in [-0.05, 0) is 59.3 Å². The molecule has 0 saturated carbocycles. The summed E-state index contributed by atoms with van der Waals surface area (Å²) in [7, 11) is 0. The van der Waals surface area contributed by atoms with E-state index in [0.29, 0.717) is 21.2 Å². The topological polar surface area (TPSA) is 103 Å². The molecule has 29 heavy (non-hydrogen) atoms.